The van der Waals surface area contributed by atoms with Crippen molar-refractivity contribution < 1.29 is 9.53 Å². The summed E-state index contributed by atoms with van der Waals surface area (Å²) in [6.45, 7) is 4.14. The summed E-state index contributed by atoms with van der Waals surface area (Å²) < 4.78 is 5.77. The van der Waals surface area contributed by atoms with Crippen molar-refractivity contribution in [1.29, 1.82) is 0 Å². The second-order valence-corrected chi connectivity index (χ2v) is 9.35. The highest BCUT2D eigenvalue weighted by Gasteiger charge is 2.18. The predicted octanol–water partition coefficient (Wildman–Crippen LogP) is 4.66. The zero-order chi connectivity index (χ0) is 25.5. The number of ether oxygens (including phenoxy) is 1. The van der Waals surface area contributed by atoms with E-state index in [1.807, 2.05) is 87.7 Å². The molecule has 0 saturated heterocycles. The van der Waals surface area contributed by atoms with Gasteiger partial charge in [-0.3, -0.25) is 9.59 Å². The molecule has 1 N–H and O–H groups in total. The van der Waals surface area contributed by atoms with Crippen LogP contribution in [0.3, 0.4) is 0 Å². The summed E-state index contributed by atoms with van der Waals surface area (Å²) in [7, 11) is 3.99. The number of carbonyl (C=O) groups is 1. The van der Waals surface area contributed by atoms with Crippen LogP contribution in [0.4, 0.5) is 0 Å². The average molecular weight is 484 g/mol. The Morgan fingerprint density at radius 3 is 2.39 bits per heavy atom. The van der Waals surface area contributed by atoms with Crippen molar-refractivity contribution in [3.05, 3.63) is 111 Å². The predicted molar refractivity (Wildman–Crippen MR) is 145 cm³/mol. The molecule has 0 bridgehead atoms. The van der Waals surface area contributed by atoms with Crippen LogP contribution in [-0.2, 0) is 13.0 Å². The summed E-state index contributed by atoms with van der Waals surface area (Å²) >= 11 is 0. The molecule has 36 heavy (non-hydrogen) atoms. The number of nitrogens with zero attached hydrogens (tertiary/aromatic N) is 2. The fraction of sp³-hybridized carbons (Fsp3) is 0.267. The maximum absolute atomic E-state index is 13.6. The summed E-state index contributed by atoms with van der Waals surface area (Å²) in [6.07, 6.45) is 0.697. The van der Waals surface area contributed by atoms with E-state index in [9.17, 15) is 9.59 Å². The smallest absolute Gasteiger partial charge is 0.254 e. The molecule has 0 fully saturated rings. The molecule has 6 nitrogen and oxygen atoms in total. The van der Waals surface area contributed by atoms with Crippen LogP contribution in [0.15, 0.2) is 83.7 Å². The van der Waals surface area contributed by atoms with Crippen molar-refractivity contribution in [3.63, 3.8) is 0 Å². The van der Waals surface area contributed by atoms with E-state index in [-0.39, 0.29) is 18.0 Å². The van der Waals surface area contributed by atoms with Gasteiger partial charge in [-0.2, -0.15) is 0 Å². The minimum Gasteiger partial charge on any atom is -0.492 e. The Kier molecular flexibility index (Phi) is 8.18. The Balaban J connectivity index is 1.56. The van der Waals surface area contributed by atoms with Crippen LogP contribution < -0.4 is 10.3 Å². The van der Waals surface area contributed by atoms with Gasteiger partial charge in [-0.25, -0.2) is 0 Å². The third-order valence-corrected chi connectivity index (χ3v) is 6.15. The first-order valence-electron chi connectivity index (χ1n) is 12.2. The van der Waals surface area contributed by atoms with Gasteiger partial charge in [0.15, 0.2) is 0 Å². The van der Waals surface area contributed by atoms with Crippen molar-refractivity contribution in [3.8, 4) is 5.75 Å². The molecule has 0 aliphatic heterocycles. The molecule has 1 amide bonds. The molecule has 0 radical (unpaired) electrons. The van der Waals surface area contributed by atoms with Crippen molar-refractivity contribution in [1.82, 2.24) is 14.8 Å². The van der Waals surface area contributed by atoms with Crippen LogP contribution in [0, 0.1) is 6.92 Å². The molecule has 4 rings (SSSR count). The minimum absolute atomic E-state index is 0.116. The fourth-order valence-corrected chi connectivity index (χ4v) is 4.08. The van der Waals surface area contributed by atoms with Crippen molar-refractivity contribution in [2.75, 3.05) is 33.8 Å². The van der Waals surface area contributed by atoms with Gasteiger partial charge in [-0.05, 0) is 80.9 Å². The number of fused-ring (bicyclic) bond motifs is 1. The van der Waals surface area contributed by atoms with Crippen LogP contribution in [0.25, 0.3) is 10.9 Å². The Morgan fingerprint density at radius 1 is 0.917 bits per heavy atom. The first kappa shape index (κ1) is 25.2. The topological polar surface area (TPSA) is 65.6 Å². The van der Waals surface area contributed by atoms with Gasteiger partial charge >= 0.3 is 0 Å². The van der Waals surface area contributed by atoms with E-state index in [0.717, 1.165) is 34.3 Å². The maximum atomic E-state index is 13.6. The highest BCUT2D eigenvalue weighted by molar-refractivity contribution is 5.94. The number of rotatable bonds is 10. The lowest BCUT2D eigenvalue weighted by Gasteiger charge is -2.23. The van der Waals surface area contributed by atoms with E-state index < -0.39 is 0 Å². The van der Waals surface area contributed by atoms with E-state index in [1.165, 1.54) is 0 Å². The third kappa shape index (κ3) is 6.61. The van der Waals surface area contributed by atoms with Crippen LogP contribution in [0.1, 0.15) is 27.0 Å². The number of hydrogen-bond acceptors (Lipinski definition) is 4. The van der Waals surface area contributed by atoms with Crippen molar-refractivity contribution in [2.24, 2.45) is 0 Å². The molecule has 6 heteroatoms. The van der Waals surface area contributed by atoms with Crippen LogP contribution >= 0.6 is 0 Å². The fourth-order valence-electron chi connectivity index (χ4n) is 4.08. The number of aromatic nitrogens is 1. The van der Waals surface area contributed by atoms with Crippen molar-refractivity contribution in [2.45, 2.75) is 19.9 Å². The molecule has 1 aromatic heterocycles. The Hall–Kier alpha value is -3.90. The number of likely N-dealkylation sites (N-methyl/N-ethyl adjacent to an activating group) is 1. The molecule has 3 aromatic carbocycles. The quantitative estimate of drug-likeness (QED) is 0.356. The monoisotopic (exact) mass is 483 g/mol. The summed E-state index contributed by atoms with van der Waals surface area (Å²) in [5, 5.41) is 0.958. The number of aryl methyl sites for hydroxylation is 1. The number of nitrogens with one attached hydrogen (secondary N) is 1. The Morgan fingerprint density at radius 2 is 1.67 bits per heavy atom. The van der Waals surface area contributed by atoms with Crippen LogP contribution in [0.2, 0.25) is 0 Å². The lowest BCUT2D eigenvalue weighted by atomic mass is 10.1. The lowest BCUT2D eigenvalue weighted by Crippen LogP contribution is -2.34. The summed E-state index contributed by atoms with van der Waals surface area (Å²) in [6, 6.07) is 25.1. The van der Waals surface area contributed by atoms with Gasteiger partial charge in [0.25, 0.3) is 11.5 Å². The number of aromatic amines is 1. The summed E-state index contributed by atoms with van der Waals surface area (Å²) in [4.78, 5) is 33.2. The summed E-state index contributed by atoms with van der Waals surface area (Å²) in [5.41, 5.74) is 4.01. The first-order valence-corrected chi connectivity index (χ1v) is 12.2. The van der Waals surface area contributed by atoms with E-state index >= 15 is 0 Å². The highest BCUT2D eigenvalue weighted by Crippen LogP contribution is 2.18. The molecule has 186 valence electrons. The zero-order valence-electron chi connectivity index (χ0n) is 21.2. The van der Waals surface area contributed by atoms with Gasteiger partial charge in [-0.15, -0.1) is 0 Å². The lowest BCUT2D eigenvalue weighted by molar-refractivity contribution is 0.0744. The van der Waals surface area contributed by atoms with Gasteiger partial charge in [-0.1, -0.05) is 42.0 Å². The van der Waals surface area contributed by atoms with Gasteiger partial charge in [0.05, 0.1) is 6.54 Å². The van der Waals surface area contributed by atoms with Gasteiger partial charge in [0, 0.05) is 29.7 Å². The Bertz CT molecular complexity index is 1360. The standard InChI is InChI=1S/C30H33N3O3/c1-22-9-14-28-25(19-22)20-26(29(34)31-28)21-33(16-15-23-7-5-4-6-8-23)30(35)24-10-12-27(13-11-24)36-18-17-32(2)3/h4-14,19-20H,15-18,21H2,1-3H3,(H,31,34). The highest BCUT2D eigenvalue weighted by atomic mass is 16.5. The number of H-pyrrole nitrogens is 1. The molecule has 0 aliphatic carbocycles. The largest absolute Gasteiger partial charge is 0.492 e. The normalized spacial score (nSPS) is 11.1. The number of hydrogen-bond donors (Lipinski definition) is 1. The summed E-state index contributed by atoms with van der Waals surface area (Å²) in [5.74, 6) is 0.611. The molecular formula is C30H33N3O3. The number of amides is 1. The van der Waals surface area contributed by atoms with Crippen LogP contribution in [-0.4, -0.2) is 54.5 Å². The van der Waals surface area contributed by atoms with Gasteiger partial charge in [0.1, 0.15) is 12.4 Å². The van der Waals surface area contributed by atoms with E-state index in [0.29, 0.717) is 30.7 Å². The molecule has 0 unspecified atom stereocenters. The minimum atomic E-state index is -0.173. The maximum Gasteiger partial charge on any atom is 0.254 e. The van der Waals surface area contributed by atoms with E-state index in [1.54, 1.807) is 17.0 Å². The number of pyridine rings is 1. The molecule has 0 aliphatic rings. The molecule has 0 saturated carbocycles. The molecule has 0 spiro atoms. The molecule has 1 heterocycles. The first-order chi connectivity index (χ1) is 17.4. The SMILES string of the molecule is Cc1ccc2[nH]c(=O)c(CN(CCc3ccccc3)C(=O)c3ccc(OCCN(C)C)cc3)cc2c1. The average Bonchev–Trinajstić information content (AvgIpc) is 2.87. The molecule has 4 aromatic rings. The molecular weight excluding hydrogens is 450 g/mol. The Labute approximate surface area is 212 Å². The second-order valence-electron chi connectivity index (χ2n) is 9.35. The van der Waals surface area contributed by atoms with E-state index in [4.69, 9.17) is 4.74 Å². The van der Waals surface area contributed by atoms with Gasteiger partial charge < -0.3 is 19.5 Å². The third-order valence-electron chi connectivity index (χ3n) is 6.15. The number of benzene rings is 3. The van der Waals surface area contributed by atoms with Crippen LogP contribution in [0.5, 0.6) is 5.75 Å². The van der Waals surface area contributed by atoms with Crippen molar-refractivity contribution >= 4 is 16.8 Å². The molecule has 0 atom stereocenters. The van der Waals surface area contributed by atoms with E-state index in [2.05, 4.69) is 9.88 Å². The van der Waals surface area contributed by atoms with Gasteiger partial charge in [0.2, 0.25) is 0 Å². The second kappa shape index (κ2) is 11.7. The number of carbonyl (C=O) groups excluding carboxylic acids is 1. The zero-order valence-corrected chi connectivity index (χ0v) is 21.2.